The van der Waals surface area contributed by atoms with Crippen LogP contribution in [0.4, 0.5) is 0 Å². The summed E-state index contributed by atoms with van der Waals surface area (Å²) in [5.74, 6) is -8.43. The van der Waals surface area contributed by atoms with Gasteiger partial charge in [0.1, 0.15) is 60.4 Å². The van der Waals surface area contributed by atoms with Crippen LogP contribution < -0.4 is 21.3 Å². The Morgan fingerprint density at radius 2 is 0.871 bits per heavy atom. The Morgan fingerprint density at radius 1 is 0.436 bits per heavy atom. The second-order valence-electron chi connectivity index (χ2n) is 31.6. The van der Waals surface area contributed by atoms with Crippen LogP contribution in [0.25, 0.3) is 0 Å². The molecule has 0 unspecified atom stereocenters. The smallest absolute Gasteiger partial charge is 0.248 e. The molecule has 2 heterocycles. The number of unbranched alkanes of at least 4 members (excludes halogenated alkanes) is 1. The molecule has 4 aliphatic rings. The van der Waals surface area contributed by atoms with Crippen LogP contribution in [0.15, 0.2) is 0 Å². The number of nitrogens with zero attached hydrogens (tertiary/aromatic N) is 8. The molecule has 12 amide bonds. The summed E-state index contributed by atoms with van der Waals surface area (Å²) in [5, 5.41) is 32.9. The molecule has 4 rings (SSSR count). The average molecular weight is 1430 g/mol. The van der Waals surface area contributed by atoms with Gasteiger partial charge in [-0.05, 0) is 132 Å². The summed E-state index contributed by atoms with van der Waals surface area (Å²) in [5.41, 5.74) is 0. The SMILES string of the molecule is CC[C@H]1C(=O)N[C@@H](CC(C)C)C(=O)N(C)[C@@H](CC(C)C)C(=O)N(C)[C@@H](CC2CCCCC2)C(=O)N[C@@H](CCCCO)C(=O)N(C)[C@@H](CCC2CCCCC2)C(=O)N(C)[C@@H](CC(C)C)C(=O)N[C@@H]([C@@H](C)O)C(=O)N(C)CC(=O)N(C)[C@@H](CC(C)C)C(=O)N[C@H](C(=O)N2CCCCC2)CC(=O)N1C. The van der Waals surface area contributed by atoms with Gasteiger partial charge in [0.05, 0.1) is 19.1 Å². The lowest BCUT2D eigenvalue weighted by atomic mass is 9.84. The molecule has 26 nitrogen and oxygen atoms in total. The van der Waals surface area contributed by atoms with Gasteiger partial charge in [0.25, 0.3) is 0 Å². The molecule has 4 fully saturated rings. The maximum Gasteiger partial charge on any atom is 0.248 e. The van der Waals surface area contributed by atoms with E-state index in [0.717, 1.165) is 80.4 Å². The van der Waals surface area contributed by atoms with Gasteiger partial charge in [0.2, 0.25) is 70.9 Å². The highest BCUT2D eigenvalue weighted by Gasteiger charge is 2.44. The number of amides is 12. The second kappa shape index (κ2) is 42.4. The van der Waals surface area contributed by atoms with Gasteiger partial charge in [-0.15, -0.1) is 0 Å². The molecule has 0 aromatic rings. The molecule has 0 aromatic heterocycles. The fraction of sp³-hybridized carbons (Fsp3) is 0.840. The standard InChI is InChI=1S/C75H132N12O14/c1-18-57-66(92)77-55(40-47(2)3)71(97)86(17)62(43-50(8)9)74(100)85(16)61(44-53-32-24-20-25-33-53)68(94)76-54(34-26-29-39-88)70(96)83(14)58(36-35-52-30-22-19-23-31-52)73(99)84(15)60(42-49(6)7)69(95)79-65(51(10)89)75(101)80(11)46-64(91)82(13)59(41-48(4)5)67(93)78-56(45-63(90)81(57)12)72(98)87-37-27-21-28-38-87/h47-62,65,88-89H,18-46H2,1-17H3,(H,76,94)(H,77,92)(H,78,93)(H,79,95)/t51-,54+,55+,56+,57+,58+,59+,60+,61+,62+,65+/m1/s1. The fourth-order valence-corrected chi connectivity index (χ4v) is 15.1. The number of hydrogen-bond acceptors (Lipinski definition) is 14. The third-order valence-corrected chi connectivity index (χ3v) is 21.4. The van der Waals surface area contributed by atoms with Crippen molar-refractivity contribution in [2.24, 2.45) is 35.5 Å². The van der Waals surface area contributed by atoms with Crippen LogP contribution in [-0.2, 0) is 57.5 Å². The Balaban J connectivity index is 1.97. The van der Waals surface area contributed by atoms with E-state index in [2.05, 4.69) is 21.3 Å². The summed E-state index contributed by atoms with van der Waals surface area (Å²) < 4.78 is 0. The van der Waals surface area contributed by atoms with Gasteiger partial charge >= 0.3 is 0 Å². The number of rotatable bonds is 20. The molecule has 2 saturated heterocycles. The van der Waals surface area contributed by atoms with Crippen LogP contribution in [-0.4, -0.2) is 262 Å². The number of piperidine rings is 1. The average Bonchev–Trinajstić information content (AvgIpc) is 0.824. The number of carbonyl (C=O) groups excluding carboxylic acids is 12. The number of aliphatic hydroxyl groups is 2. The van der Waals surface area contributed by atoms with E-state index >= 15 is 24.0 Å². The number of hydrogen-bond donors (Lipinski definition) is 6. The molecule has 2 aliphatic heterocycles. The van der Waals surface area contributed by atoms with Crippen LogP contribution in [0.5, 0.6) is 0 Å². The zero-order valence-electron chi connectivity index (χ0n) is 64.7. The van der Waals surface area contributed by atoms with Crippen molar-refractivity contribution in [2.45, 2.75) is 296 Å². The molecule has 0 aromatic carbocycles. The van der Waals surface area contributed by atoms with Gasteiger partial charge in [-0.2, -0.15) is 0 Å². The zero-order chi connectivity index (χ0) is 75.7. The number of nitrogens with one attached hydrogen (secondary N) is 4. The predicted octanol–water partition coefficient (Wildman–Crippen LogP) is 5.23. The monoisotopic (exact) mass is 1420 g/mol. The Bertz CT molecular complexity index is 2730. The minimum atomic E-state index is -1.64. The van der Waals surface area contributed by atoms with Crippen molar-refractivity contribution in [3.8, 4) is 0 Å². The van der Waals surface area contributed by atoms with E-state index < -0.39 is 150 Å². The Hall–Kier alpha value is -6.44. The van der Waals surface area contributed by atoms with Crippen molar-refractivity contribution in [1.29, 1.82) is 0 Å². The van der Waals surface area contributed by atoms with Gasteiger partial charge in [0, 0.05) is 69.0 Å². The van der Waals surface area contributed by atoms with E-state index in [-0.39, 0.29) is 99.9 Å². The minimum absolute atomic E-state index is 0.0214. The van der Waals surface area contributed by atoms with Gasteiger partial charge in [-0.1, -0.05) is 127 Å². The molecule has 6 N–H and O–H groups in total. The first-order chi connectivity index (χ1) is 47.6. The summed E-state index contributed by atoms with van der Waals surface area (Å²) in [7, 11) is 10.1. The molecule has 0 bridgehead atoms. The first-order valence-electron chi connectivity index (χ1n) is 38.2. The van der Waals surface area contributed by atoms with E-state index in [4.69, 9.17) is 0 Å². The zero-order valence-corrected chi connectivity index (χ0v) is 64.7. The highest BCUT2D eigenvalue weighted by molar-refractivity contribution is 6.00. The summed E-state index contributed by atoms with van der Waals surface area (Å²) >= 11 is 0. The molecule has 26 heteroatoms. The highest BCUT2D eigenvalue weighted by Crippen LogP contribution is 2.32. The maximum atomic E-state index is 15.6. The Morgan fingerprint density at radius 3 is 1.41 bits per heavy atom. The van der Waals surface area contributed by atoms with Crippen molar-refractivity contribution < 1.29 is 67.7 Å². The van der Waals surface area contributed by atoms with Crippen molar-refractivity contribution in [1.82, 2.24) is 60.5 Å². The largest absolute Gasteiger partial charge is 0.396 e. The molecule has 11 atom stereocenters. The lowest BCUT2D eigenvalue weighted by Gasteiger charge is -2.39. The van der Waals surface area contributed by atoms with E-state index in [1.54, 1.807) is 11.8 Å². The Labute approximate surface area is 604 Å². The van der Waals surface area contributed by atoms with Gasteiger partial charge < -0.3 is 70.7 Å². The van der Waals surface area contributed by atoms with Crippen LogP contribution in [0, 0.1) is 35.5 Å². The predicted molar refractivity (Wildman–Crippen MR) is 387 cm³/mol. The number of likely N-dealkylation sites (N-methyl/N-ethyl adjacent to an activating group) is 7. The van der Waals surface area contributed by atoms with Crippen LogP contribution in [0.1, 0.15) is 230 Å². The number of aliphatic hydroxyl groups excluding tert-OH is 2. The van der Waals surface area contributed by atoms with E-state index in [1.165, 1.54) is 80.8 Å². The van der Waals surface area contributed by atoms with E-state index in [1.807, 2.05) is 55.4 Å². The molecular weight excluding hydrogens is 1290 g/mol. The second-order valence-corrected chi connectivity index (χ2v) is 31.6. The van der Waals surface area contributed by atoms with E-state index in [0.29, 0.717) is 38.8 Å². The quantitative estimate of drug-likeness (QED) is 0.0851. The molecule has 0 radical (unpaired) electrons. The normalized spacial score (nSPS) is 27.2. The molecular formula is C75H132N12O14. The van der Waals surface area contributed by atoms with Crippen LogP contribution in [0.2, 0.25) is 0 Å². The lowest BCUT2D eigenvalue weighted by molar-refractivity contribution is -0.152. The van der Waals surface area contributed by atoms with E-state index in [9.17, 15) is 43.8 Å². The lowest BCUT2D eigenvalue weighted by Crippen LogP contribution is -2.62. The summed E-state index contributed by atoms with van der Waals surface area (Å²) in [4.78, 5) is 191. The summed E-state index contributed by atoms with van der Waals surface area (Å²) in [6, 6.07) is -12.7. The van der Waals surface area contributed by atoms with Crippen LogP contribution in [0.3, 0.4) is 0 Å². The highest BCUT2D eigenvalue weighted by atomic mass is 16.3. The van der Waals surface area contributed by atoms with Crippen molar-refractivity contribution in [2.75, 3.05) is 75.6 Å². The third kappa shape index (κ3) is 26.0. The molecule has 2 aliphatic carbocycles. The maximum absolute atomic E-state index is 15.6. The Kier molecular flexibility index (Phi) is 36.5. The van der Waals surface area contributed by atoms with Crippen molar-refractivity contribution >= 4 is 70.9 Å². The first-order valence-corrected chi connectivity index (χ1v) is 38.2. The van der Waals surface area contributed by atoms with Gasteiger partial charge in [0.15, 0.2) is 0 Å². The van der Waals surface area contributed by atoms with Crippen molar-refractivity contribution in [3.63, 3.8) is 0 Å². The summed E-state index contributed by atoms with van der Waals surface area (Å²) in [6.45, 7) is 17.9. The fourth-order valence-electron chi connectivity index (χ4n) is 15.1. The molecule has 576 valence electrons. The number of likely N-dealkylation sites (tertiary alicyclic amines) is 1. The number of carbonyl (C=O) groups is 12. The molecule has 0 spiro atoms. The third-order valence-electron chi connectivity index (χ3n) is 21.4. The molecule has 2 saturated carbocycles. The topological polar surface area (TPSA) is 319 Å². The van der Waals surface area contributed by atoms with Gasteiger partial charge in [-0.25, -0.2) is 0 Å². The summed E-state index contributed by atoms with van der Waals surface area (Å²) in [6.07, 6.45) is 11.7. The van der Waals surface area contributed by atoms with Crippen molar-refractivity contribution in [3.05, 3.63) is 0 Å². The van der Waals surface area contributed by atoms with Crippen LogP contribution >= 0.6 is 0 Å². The first kappa shape index (κ1) is 87.0. The minimum Gasteiger partial charge on any atom is -0.396 e. The molecule has 101 heavy (non-hydrogen) atoms. The van der Waals surface area contributed by atoms with Gasteiger partial charge in [-0.3, -0.25) is 57.5 Å².